The Morgan fingerprint density at radius 2 is 1.89 bits per heavy atom. The van der Waals surface area contributed by atoms with Crippen LogP contribution >= 0.6 is 0 Å². The van der Waals surface area contributed by atoms with Crippen LogP contribution in [0.15, 0.2) is 63.1 Å². The molecule has 0 aliphatic heterocycles. The number of aromatic nitrogens is 1. The molecule has 0 radical (unpaired) electrons. The van der Waals surface area contributed by atoms with Crippen LogP contribution in [0.25, 0.3) is 10.9 Å². The average Bonchev–Trinajstić information content (AvgIpc) is 2.92. The van der Waals surface area contributed by atoms with Crippen LogP contribution in [0.2, 0.25) is 0 Å². The fourth-order valence-corrected chi connectivity index (χ4v) is 3.36. The molecule has 0 saturated heterocycles. The third-order valence-corrected chi connectivity index (χ3v) is 4.58. The van der Waals surface area contributed by atoms with Crippen molar-refractivity contribution in [3.05, 3.63) is 54.4 Å². The summed E-state index contributed by atoms with van der Waals surface area (Å²) in [6.45, 7) is 1.87. The third-order valence-electron chi connectivity index (χ3n) is 2.88. The summed E-state index contributed by atoms with van der Waals surface area (Å²) in [7, 11) is -3.64. The summed E-state index contributed by atoms with van der Waals surface area (Å²) < 4.78 is 30.0. The summed E-state index contributed by atoms with van der Waals surface area (Å²) in [5.41, 5.74) is 1.51. The van der Waals surface area contributed by atoms with Crippen LogP contribution in [0.3, 0.4) is 0 Å². The van der Waals surface area contributed by atoms with E-state index in [9.17, 15) is 8.42 Å². The van der Waals surface area contributed by atoms with Crippen molar-refractivity contribution in [1.82, 2.24) is 4.98 Å². The molecular formula is C14H11NO3S. The van der Waals surface area contributed by atoms with E-state index in [0.29, 0.717) is 10.9 Å². The maximum absolute atomic E-state index is 12.5. The summed E-state index contributed by atoms with van der Waals surface area (Å²) in [4.78, 5) is 4.55. The van der Waals surface area contributed by atoms with Crippen molar-refractivity contribution in [2.45, 2.75) is 16.9 Å². The van der Waals surface area contributed by atoms with Gasteiger partial charge in [-0.05, 0) is 43.3 Å². The molecule has 0 amide bonds. The fourth-order valence-electron chi connectivity index (χ4n) is 1.99. The van der Waals surface area contributed by atoms with Gasteiger partial charge in [0.15, 0.2) is 0 Å². The molecule has 0 aliphatic rings. The van der Waals surface area contributed by atoms with Gasteiger partial charge in [-0.1, -0.05) is 6.07 Å². The van der Waals surface area contributed by atoms with E-state index in [4.69, 9.17) is 4.42 Å². The summed E-state index contributed by atoms with van der Waals surface area (Å²) in [5.74, 6) is 0. The van der Waals surface area contributed by atoms with Gasteiger partial charge >= 0.3 is 0 Å². The van der Waals surface area contributed by atoms with Crippen molar-refractivity contribution < 1.29 is 12.8 Å². The first-order valence-corrected chi connectivity index (χ1v) is 7.22. The van der Waals surface area contributed by atoms with Gasteiger partial charge in [-0.15, -0.1) is 0 Å². The average molecular weight is 273 g/mol. The maximum Gasteiger partial charge on any atom is 0.240 e. The molecule has 0 unspecified atom stereocenters. The first-order chi connectivity index (χ1) is 9.09. The highest BCUT2D eigenvalue weighted by Crippen LogP contribution is 2.27. The molecule has 96 valence electrons. The van der Waals surface area contributed by atoms with Gasteiger partial charge in [0.05, 0.1) is 16.7 Å². The molecule has 0 aliphatic carbocycles. The van der Waals surface area contributed by atoms with Crippen LogP contribution in [0.1, 0.15) is 5.69 Å². The molecular weight excluding hydrogens is 262 g/mol. The van der Waals surface area contributed by atoms with E-state index in [2.05, 4.69) is 4.98 Å². The van der Waals surface area contributed by atoms with Gasteiger partial charge in [-0.2, -0.15) is 0 Å². The van der Waals surface area contributed by atoms with Gasteiger partial charge in [0.25, 0.3) is 0 Å². The highest BCUT2D eigenvalue weighted by molar-refractivity contribution is 7.91. The Bertz CT molecular complexity index is 836. The number of pyridine rings is 1. The molecule has 0 saturated carbocycles. The number of furan rings is 1. The van der Waals surface area contributed by atoms with Crippen LogP contribution in [0.5, 0.6) is 0 Å². The number of hydrogen-bond donors (Lipinski definition) is 0. The summed E-state index contributed by atoms with van der Waals surface area (Å²) in [5, 5.41) is 0.546. The highest BCUT2D eigenvalue weighted by atomic mass is 32.2. The van der Waals surface area contributed by atoms with E-state index in [1.807, 2.05) is 6.92 Å². The molecule has 19 heavy (non-hydrogen) atoms. The Hall–Kier alpha value is -2.14. The van der Waals surface area contributed by atoms with Crippen molar-refractivity contribution in [3.8, 4) is 0 Å². The number of aryl methyl sites for hydroxylation is 1. The Kier molecular flexibility index (Phi) is 2.64. The van der Waals surface area contributed by atoms with Crippen LogP contribution in [-0.4, -0.2) is 13.4 Å². The van der Waals surface area contributed by atoms with Crippen LogP contribution in [0.4, 0.5) is 0 Å². The monoisotopic (exact) mass is 273 g/mol. The topological polar surface area (TPSA) is 60.2 Å². The minimum Gasteiger partial charge on any atom is -0.453 e. The van der Waals surface area contributed by atoms with E-state index < -0.39 is 9.84 Å². The number of hydrogen-bond acceptors (Lipinski definition) is 4. The second kappa shape index (κ2) is 4.20. The first kappa shape index (κ1) is 11.9. The fraction of sp³-hybridized carbons (Fsp3) is 0.0714. The van der Waals surface area contributed by atoms with Crippen molar-refractivity contribution in [2.75, 3.05) is 0 Å². The number of nitrogens with zero attached hydrogens (tertiary/aromatic N) is 1. The Labute approximate surface area is 110 Å². The zero-order valence-corrected chi connectivity index (χ0v) is 11.0. The Balaban J connectivity index is 2.32. The van der Waals surface area contributed by atoms with Gasteiger partial charge in [0.1, 0.15) is 0 Å². The smallest absolute Gasteiger partial charge is 0.240 e. The minimum absolute atomic E-state index is 0.0550. The lowest BCUT2D eigenvalue weighted by Gasteiger charge is -2.06. The molecule has 4 nitrogen and oxygen atoms in total. The predicted molar refractivity (Wildman–Crippen MR) is 70.6 cm³/mol. The zero-order chi connectivity index (χ0) is 13.5. The molecule has 3 rings (SSSR count). The van der Waals surface area contributed by atoms with Crippen LogP contribution in [0, 0.1) is 6.92 Å². The lowest BCUT2D eigenvalue weighted by Crippen LogP contribution is -2.02. The second-order valence-electron chi connectivity index (χ2n) is 4.21. The Morgan fingerprint density at radius 1 is 1.05 bits per heavy atom. The summed E-state index contributed by atoms with van der Waals surface area (Å²) in [6.07, 6.45) is 1.35. The molecule has 0 atom stereocenters. The third kappa shape index (κ3) is 1.92. The summed E-state index contributed by atoms with van der Waals surface area (Å²) in [6, 6.07) is 11.6. The molecule has 5 heteroatoms. The second-order valence-corrected chi connectivity index (χ2v) is 6.06. The van der Waals surface area contributed by atoms with E-state index in [1.54, 1.807) is 36.4 Å². The van der Waals surface area contributed by atoms with Gasteiger partial charge in [0.2, 0.25) is 14.9 Å². The van der Waals surface area contributed by atoms with E-state index in [1.165, 1.54) is 12.3 Å². The molecule has 2 aromatic heterocycles. The van der Waals surface area contributed by atoms with Crippen LogP contribution < -0.4 is 0 Å². The molecule has 1 aromatic carbocycles. The lowest BCUT2D eigenvalue weighted by atomic mass is 10.2. The van der Waals surface area contributed by atoms with Gasteiger partial charge < -0.3 is 4.42 Å². The quantitative estimate of drug-likeness (QED) is 0.720. The van der Waals surface area contributed by atoms with Crippen molar-refractivity contribution in [2.24, 2.45) is 0 Å². The molecule has 0 spiro atoms. The number of sulfone groups is 1. The normalized spacial score (nSPS) is 11.8. The molecule has 2 heterocycles. The maximum atomic E-state index is 12.5. The highest BCUT2D eigenvalue weighted by Gasteiger charge is 2.22. The lowest BCUT2D eigenvalue weighted by molar-refractivity contribution is 0.450. The van der Waals surface area contributed by atoms with Crippen molar-refractivity contribution >= 4 is 20.7 Å². The molecule has 0 N–H and O–H groups in total. The van der Waals surface area contributed by atoms with Gasteiger partial charge in [0, 0.05) is 11.1 Å². The zero-order valence-electron chi connectivity index (χ0n) is 10.2. The number of fused-ring (bicyclic) bond motifs is 1. The molecule has 0 bridgehead atoms. The number of rotatable bonds is 2. The standard InChI is InChI=1S/C14H11NO3S/c1-10-7-8-11-12(15-10)4-2-5-13(11)19(16,17)14-6-3-9-18-14/h2-9H,1H3. The summed E-state index contributed by atoms with van der Waals surface area (Å²) >= 11 is 0. The van der Waals surface area contributed by atoms with Gasteiger partial charge in [-0.3, -0.25) is 4.98 Å². The minimum atomic E-state index is -3.64. The molecule has 0 fully saturated rings. The predicted octanol–water partition coefficient (Wildman–Crippen LogP) is 2.97. The number of benzene rings is 1. The van der Waals surface area contributed by atoms with E-state index >= 15 is 0 Å². The van der Waals surface area contributed by atoms with Gasteiger partial charge in [-0.25, -0.2) is 8.42 Å². The van der Waals surface area contributed by atoms with E-state index in [0.717, 1.165) is 5.69 Å². The Morgan fingerprint density at radius 3 is 2.63 bits per heavy atom. The SMILES string of the molecule is Cc1ccc2c(S(=O)(=O)c3ccco3)cccc2n1. The van der Waals surface area contributed by atoms with Crippen LogP contribution in [-0.2, 0) is 9.84 Å². The van der Waals surface area contributed by atoms with Crippen molar-refractivity contribution in [3.63, 3.8) is 0 Å². The largest absolute Gasteiger partial charge is 0.453 e. The van der Waals surface area contributed by atoms with Crippen molar-refractivity contribution in [1.29, 1.82) is 0 Å². The molecule has 3 aromatic rings. The van der Waals surface area contributed by atoms with E-state index in [-0.39, 0.29) is 9.99 Å². The first-order valence-electron chi connectivity index (χ1n) is 5.74.